The van der Waals surface area contributed by atoms with Gasteiger partial charge in [0.2, 0.25) is 0 Å². The molecule has 1 atom stereocenters. The molecule has 0 N–H and O–H groups in total. The Labute approximate surface area is 148 Å². The monoisotopic (exact) mass is 352 g/mol. The zero-order chi connectivity index (χ0) is 17.2. The summed E-state index contributed by atoms with van der Waals surface area (Å²) in [7, 11) is -3.57. The summed E-state index contributed by atoms with van der Waals surface area (Å²) >= 11 is 0. The van der Waals surface area contributed by atoms with E-state index in [4.69, 9.17) is 4.43 Å². The summed E-state index contributed by atoms with van der Waals surface area (Å²) in [6.45, 7) is 9.66. The Balaban J connectivity index is 1.93. The molecule has 3 heteroatoms. The van der Waals surface area contributed by atoms with Gasteiger partial charge < -0.3 is 4.43 Å². The molecule has 1 aromatic carbocycles. The van der Waals surface area contributed by atoms with Crippen molar-refractivity contribution in [2.45, 2.75) is 43.0 Å². The van der Waals surface area contributed by atoms with Crippen LogP contribution in [0.25, 0.3) is 0 Å². The van der Waals surface area contributed by atoms with Crippen LogP contribution in [-0.2, 0) is 4.43 Å². The molecule has 1 aromatic rings. The topological polar surface area (TPSA) is 9.23 Å². The Kier molecular flexibility index (Phi) is 4.95. The summed E-state index contributed by atoms with van der Waals surface area (Å²) in [6, 6.07) is 10.9. The molecule has 0 fully saturated rings. The molecule has 0 saturated heterocycles. The smallest absolute Gasteiger partial charge is 0.197 e. The fourth-order valence-corrected chi connectivity index (χ4v) is 10.4. The molecule has 0 amide bonds. The van der Waals surface area contributed by atoms with Crippen LogP contribution in [0.15, 0.2) is 78.9 Å². The van der Waals surface area contributed by atoms with Gasteiger partial charge in [-0.15, -0.1) is 0 Å². The first kappa shape index (κ1) is 17.4. The standard InChI is InChI=1S/C21H28OSi2/c1-23(2,19-14-8-9-15-19)21(18-12-6-5-7-13-18)22-24(3,4)20-16-10-11-17-20/h5-17,19-21H,1-4H3. The van der Waals surface area contributed by atoms with E-state index in [0.717, 1.165) is 0 Å². The van der Waals surface area contributed by atoms with Crippen LogP contribution in [0.3, 0.4) is 0 Å². The molecule has 0 radical (unpaired) electrons. The van der Waals surface area contributed by atoms with E-state index in [0.29, 0.717) is 11.1 Å². The van der Waals surface area contributed by atoms with E-state index in [9.17, 15) is 0 Å². The highest BCUT2D eigenvalue weighted by Crippen LogP contribution is 2.43. The number of hydrogen-bond acceptors (Lipinski definition) is 1. The second-order valence-corrected chi connectivity index (χ2v) is 16.9. The lowest BCUT2D eigenvalue weighted by Crippen LogP contribution is -2.47. The van der Waals surface area contributed by atoms with Gasteiger partial charge >= 0.3 is 0 Å². The van der Waals surface area contributed by atoms with Crippen molar-refractivity contribution in [1.82, 2.24) is 0 Å². The van der Waals surface area contributed by atoms with Gasteiger partial charge in [0.25, 0.3) is 0 Å². The molecule has 0 aromatic heterocycles. The Morgan fingerprint density at radius 1 is 0.750 bits per heavy atom. The van der Waals surface area contributed by atoms with Crippen LogP contribution < -0.4 is 0 Å². The second-order valence-electron chi connectivity index (χ2n) is 7.92. The predicted molar refractivity (Wildman–Crippen MR) is 109 cm³/mol. The molecule has 0 spiro atoms. The number of hydrogen-bond donors (Lipinski definition) is 0. The molecule has 0 aliphatic heterocycles. The number of rotatable bonds is 6. The SMILES string of the molecule is C[Si](C)(OC(c1ccccc1)[Si](C)(C)C1C=CC=C1)C1C=CC=C1. The normalized spacial score (nSPS) is 19.5. The molecule has 2 aliphatic rings. The summed E-state index contributed by atoms with van der Waals surface area (Å²) < 4.78 is 7.02. The third kappa shape index (κ3) is 3.48. The van der Waals surface area contributed by atoms with Gasteiger partial charge in [0.1, 0.15) is 0 Å². The van der Waals surface area contributed by atoms with Gasteiger partial charge in [0.15, 0.2) is 8.32 Å². The number of benzene rings is 1. The van der Waals surface area contributed by atoms with E-state index in [1.54, 1.807) is 0 Å². The van der Waals surface area contributed by atoms with Gasteiger partial charge in [-0.3, -0.25) is 0 Å². The summed E-state index contributed by atoms with van der Waals surface area (Å²) in [5.41, 5.74) is 2.58. The minimum absolute atomic E-state index is 0.222. The van der Waals surface area contributed by atoms with Gasteiger partial charge in [0.05, 0.1) is 13.8 Å². The lowest BCUT2D eigenvalue weighted by molar-refractivity contribution is 0.261. The molecule has 1 unspecified atom stereocenters. The van der Waals surface area contributed by atoms with Crippen LogP contribution in [0.2, 0.25) is 37.3 Å². The Hall–Kier alpha value is -1.43. The zero-order valence-corrected chi connectivity index (χ0v) is 17.1. The highest BCUT2D eigenvalue weighted by molar-refractivity contribution is 6.82. The van der Waals surface area contributed by atoms with Crippen molar-refractivity contribution in [3.63, 3.8) is 0 Å². The van der Waals surface area contributed by atoms with Gasteiger partial charge in [-0.1, -0.05) is 92.0 Å². The van der Waals surface area contributed by atoms with Gasteiger partial charge in [0, 0.05) is 5.54 Å². The second kappa shape index (κ2) is 6.83. The van der Waals surface area contributed by atoms with Crippen LogP contribution in [0, 0.1) is 0 Å². The molecule has 0 heterocycles. The van der Waals surface area contributed by atoms with Crippen molar-refractivity contribution < 1.29 is 4.43 Å². The first-order valence-corrected chi connectivity index (χ1v) is 15.0. The van der Waals surface area contributed by atoms with Crippen molar-refractivity contribution in [3.05, 3.63) is 84.5 Å². The lowest BCUT2D eigenvalue weighted by Gasteiger charge is -2.42. The predicted octanol–water partition coefficient (Wildman–Crippen LogP) is 6.19. The fourth-order valence-electron chi connectivity index (χ4n) is 3.66. The molecular weight excluding hydrogens is 324 g/mol. The fraction of sp³-hybridized carbons (Fsp3) is 0.333. The highest BCUT2D eigenvalue weighted by Gasteiger charge is 2.44. The average Bonchev–Trinajstić information content (AvgIpc) is 3.26. The maximum atomic E-state index is 7.02. The van der Waals surface area contributed by atoms with Gasteiger partial charge in [-0.25, -0.2) is 0 Å². The quantitative estimate of drug-likeness (QED) is 0.555. The maximum Gasteiger partial charge on any atom is 0.197 e. The minimum Gasteiger partial charge on any atom is -0.412 e. The molecule has 2 aliphatic carbocycles. The van der Waals surface area contributed by atoms with E-state index in [1.807, 2.05) is 0 Å². The maximum absolute atomic E-state index is 7.02. The minimum atomic E-state index is -1.86. The Morgan fingerprint density at radius 3 is 1.79 bits per heavy atom. The Morgan fingerprint density at radius 2 is 1.25 bits per heavy atom. The first-order chi connectivity index (χ1) is 11.4. The van der Waals surface area contributed by atoms with Crippen molar-refractivity contribution in [2.75, 3.05) is 0 Å². The molecule has 24 heavy (non-hydrogen) atoms. The third-order valence-electron chi connectivity index (χ3n) is 5.36. The molecule has 0 saturated carbocycles. The van der Waals surface area contributed by atoms with E-state index >= 15 is 0 Å². The van der Waals surface area contributed by atoms with Crippen LogP contribution in [-0.4, -0.2) is 16.4 Å². The lowest BCUT2D eigenvalue weighted by atomic mass is 10.2. The third-order valence-corrected chi connectivity index (χ3v) is 12.3. The Bertz CT molecular complexity index is 659. The molecule has 0 bridgehead atoms. The van der Waals surface area contributed by atoms with E-state index in [-0.39, 0.29) is 5.73 Å². The molecular formula is C21H28OSi2. The van der Waals surface area contributed by atoms with E-state index in [2.05, 4.69) is 105 Å². The summed E-state index contributed by atoms with van der Waals surface area (Å²) in [5, 5.41) is 0. The first-order valence-electron chi connectivity index (χ1n) is 8.84. The zero-order valence-electron chi connectivity index (χ0n) is 15.1. The summed E-state index contributed by atoms with van der Waals surface area (Å²) in [5.74, 6) is 0. The van der Waals surface area contributed by atoms with E-state index < -0.39 is 16.4 Å². The van der Waals surface area contributed by atoms with Crippen molar-refractivity contribution >= 4 is 16.4 Å². The van der Waals surface area contributed by atoms with Crippen LogP contribution in [0.1, 0.15) is 11.3 Å². The molecule has 1 nitrogen and oxygen atoms in total. The highest BCUT2D eigenvalue weighted by atomic mass is 28.4. The van der Waals surface area contributed by atoms with Crippen LogP contribution >= 0.6 is 0 Å². The van der Waals surface area contributed by atoms with Gasteiger partial charge in [-0.2, -0.15) is 0 Å². The van der Waals surface area contributed by atoms with Crippen molar-refractivity contribution in [1.29, 1.82) is 0 Å². The number of allylic oxidation sites excluding steroid dienone is 8. The van der Waals surface area contributed by atoms with Crippen LogP contribution in [0.5, 0.6) is 0 Å². The molecule has 3 rings (SSSR count). The summed E-state index contributed by atoms with van der Waals surface area (Å²) in [6.07, 6.45) is 18.0. The average molecular weight is 353 g/mol. The van der Waals surface area contributed by atoms with Crippen molar-refractivity contribution in [2.24, 2.45) is 0 Å². The van der Waals surface area contributed by atoms with Crippen LogP contribution in [0.4, 0.5) is 0 Å². The largest absolute Gasteiger partial charge is 0.412 e. The summed E-state index contributed by atoms with van der Waals surface area (Å²) in [4.78, 5) is 0. The van der Waals surface area contributed by atoms with E-state index in [1.165, 1.54) is 5.56 Å². The van der Waals surface area contributed by atoms with Crippen molar-refractivity contribution in [3.8, 4) is 0 Å². The van der Waals surface area contributed by atoms with Gasteiger partial charge in [-0.05, 0) is 24.2 Å². The molecule has 126 valence electrons.